The van der Waals surface area contributed by atoms with Gasteiger partial charge in [0.25, 0.3) is 0 Å². The monoisotopic (exact) mass is 423 g/mol. The van der Waals surface area contributed by atoms with Crippen LogP contribution in [-0.4, -0.2) is 87.0 Å². The highest BCUT2D eigenvalue weighted by molar-refractivity contribution is 7.91. The summed E-state index contributed by atoms with van der Waals surface area (Å²) in [5, 5.41) is 0. The largest absolute Gasteiger partial charge is 0.492 e. The van der Waals surface area contributed by atoms with Crippen molar-refractivity contribution in [2.24, 2.45) is 0 Å². The number of nitrogens with zero attached hydrogens (tertiary/aromatic N) is 3. The predicted molar refractivity (Wildman–Crippen MR) is 115 cm³/mol. The highest BCUT2D eigenvalue weighted by Crippen LogP contribution is 2.29. The first-order chi connectivity index (χ1) is 13.9. The molecular weight excluding hydrogens is 390 g/mol. The van der Waals surface area contributed by atoms with Crippen molar-refractivity contribution >= 4 is 21.4 Å². The molecule has 0 N–H and O–H groups in total. The van der Waals surface area contributed by atoms with Crippen LogP contribution in [0.4, 0.5) is 5.69 Å². The fraction of sp³-hybridized carbons (Fsp3) is 0.667. The number of amides is 1. The second-order valence-electron chi connectivity index (χ2n) is 7.78. The van der Waals surface area contributed by atoms with Crippen LogP contribution in [0.1, 0.15) is 27.2 Å². The van der Waals surface area contributed by atoms with E-state index in [1.165, 1.54) is 0 Å². The molecule has 3 rings (SSSR count). The maximum absolute atomic E-state index is 13.1. The summed E-state index contributed by atoms with van der Waals surface area (Å²) < 4.78 is 29.4. The van der Waals surface area contributed by atoms with Crippen molar-refractivity contribution in [3.05, 3.63) is 24.3 Å². The quantitative estimate of drug-likeness (QED) is 0.664. The van der Waals surface area contributed by atoms with Gasteiger partial charge in [-0.05, 0) is 39.3 Å². The molecule has 8 heteroatoms. The Bertz CT molecular complexity index is 806. The van der Waals surface area contributed by atoms with E-state index < -0.39 is 9.84 Å². The topological polar surface area (TPSA) is 70.2 Å². The van der Waals surface area contributed by atoms with Gasteiger partial charge in [-0.25, -0.2) is 8.42 Å². The Labute approximate surface area is 174 Å². The molecule has 1 aromatic rings. The first-order valence-corrected chi connectivity index (χ1v) is 12.4. The number of benzene rings is 1. The van der Waals surface area contributed by atoms with Crippen LogP contribution in [0.15, 0.2) is 24.3 Å². The first-order valence-electron chi connectivity index (χ1n) is 10.6. The van der Waals surface area contributed by atoms with Crippen LogP contribution in [0, 0.1) is 0 Å². The molecule has 0 saturated carbocycles. The van der Waals surface area contributed by atoms with E-state index in [-0.39, 0.29) is 29.5 Å². The van der Waals surface area contributed by atoms with Crippen molar-refractivity contribution in [2.45, 2.75) is 39.3 Å². The Balaban J connectivity index is 1.61. The average Bonchev–Trinajstić information content (AvgIpc) is 3.08. The number of likely N-dealkylation sites (N-methyl/N-ethyl adjacent to an activating group) is 1. The number of sulfone groups is 1. The van der Waals surface area contributed by atoms with Gasteiger partial charge in [0.05, 0.1) is 29.8 Å². The molecule has 2 aliphatic rings. The van der Waals surface area contributed by atoms with Crippen molar-refractivity contribution in [3.63, 3.8) is 0 Å². The summed E-state index contributed by atoms with van der Waals surface area (Å²) in [5.41, 5.74) is 1.10. The van der Waals surface area contributed by atoms with E-state index in [0.29, 0.717) is 19.6 Å². The summed E-state index contributed by atoms with van der Waals surface area (Å²) in [5.74, 6) is 1.22. The number of carbonyl (C=O) groups excluding carboxylic acids is 1. The summed E-state index contributed by atoms with van der Waals surface area (Å²) in [7, 11) is -3.01. The fourth-order valence-electron chi connectivity index (χ4n) is 4.36. The number of carbonyl (C=O) groups is 1. The maximum atomic E-state index is 13.1. The van der Waals surface area contributed by atoms with Crippen LogP contribution in [0.25, 0.3) is 0 Å². The third-order valence-corrected chi connectivity index (χ3v) is 7.75. The standard InChI is InChI=1S/C21H33N3O4S/c1-4-24(18-10-15-29(26,27)16-18)21(25)17(3)22-11-13-23(14-12-22)19-8-6-7-9-20(19)28-5-2/h6-9,17-18H,4-5,10-16H2,1-3H3/t17-,18-/m1/s1. The van der Waals surface area contributed by atoms with Crippen LogP contribution >= 0.6 is 0 Å². The van der Waals surface area contributed by atoms with Crippen molar-refractivity contribution < 1.29 is 17.9 Å². The van der Waals surface area contributed by atoms with E-state index in [1.807, 2.05) is 39.0 Å². The van der Waals surface area contributed by atoms with Crippen LogP contribution in [0.2, 0.25) is 0 Å². The van der Waals surface area contributed by atoms with Gasteiger partial charge in [0, 0.05) is 38.8 Å². The molecule has 0 unspecified atom stereocenters. The second kappa shape index (κ2) is 9.34. The number of hydrogen-bond donors (Lipinski definition) is 0. The van der Waals surface area contributed by atoms with E-state index in [9.17, 15) is 13.2 Å². The smallest absolute Gasteiger partial charge is 0.239 e. The Kier molecular flexibility index (Phi) is 7.05. The van der Waals surface area contributed by atoms with Crippen molar-refractivity contribution in [1.82, 2.24) is 9.80 Å². The molecule has 0 aliphatic carbocycles. The third kappa shape index (κ3) is 5.04. The van der Waals surface area contributed by atoms with Gasteiger partial charge in [0.2, 0.25) is 5.91 Å². The molecule has 0 radical (unpaired) electrons. The Morgan fingerprint density at radius 2 is 1.90 bits per heavy atom. The predicted octanol–water partition coefficient (Wildman–Crippen LogP) is 1.63. The number of anilines is 1. The highest BCUT2D eigenvalue weighted by Gasteiger charge is 2.37. The minimum absolute atomic E-state index is 0.0396. The van der Waals surface area contributed by atoms with E-state index in [4.69, 9.17) is 4.74 Å². The normalized spacial score (nSPS) is 23.0. The maximum Gasteiger partial charge on any atom is 0.239 e. The lowest BCUT2D eigenvalue weighted by Crippen LogP contribution is -2.56. The molecule has 29 heavy (non-hydrogen) atoms. The average molecular weight is 424 g/mol. The lowest BCUT2D eigenvalue weighted by Gasteiger charge is -2.40. The summed E-state index contributed by atoms with van der Waals surface area (Å²) >= 11 is 0. The number of para-hydroxylation sites is 2. The zero-order chi connectivity index (χ0) is 21.0. The molecule has 2 heterocycles. The molecule has 7 nitrogen and oxygen atoms in total. The summed E-state index contributed by atoms with van der Waals surface area (Å²) in [6.07, 6.45) is 0.552. The SMILES string of the molecule is CCOc1ccccc1N1CCN([C@H](C)C(=O)N(CC)[C@@H]2CCS(=O)(=O)C2)CC1. The molecule has 162 valence electrons. The molecule has 2 fully saturated rings. The van der Waals surface area contributed by atoms with Gasteiger partial charge in [-0.2, -0.15) is 0 Å². The minimum Gasteiger partial charge on any atom is -0.492 e. The zero-order valence-electron chi connectivity index (χ0n) is 17.7. The van der Waals surface area contributed by atoms with E-state index in [2.05, 4.69) is 15.9 Å². The number of piperazine rings is 1. The first kappa shape index (κ1) is 21.9. The Morgan fingerprint density at radius 3 is 2.48 bits per heavy atom. The van der Waals surface area contributed by atoms with Crippen molar-refractivity contribution in [1.29, 1.82) is 0 Å². The van der Waals surface area contributed by atoms with E-state index >= 15 is 0 Å². The lowest BCUT2D eigenvalue weighted by molar-refractivity contribution is -0.138. The van der Waals surface area contributed by atoms with E-state index in [0.717, 1.165) is 37.6 Å². The van der Waals surface area contributed by atoms with Gasteiger partial charge < -0.3 is 14.5 Å². The van der Waals surface area contributed by atoms with Gasteiger partial charge in [-0.1, -0.05) is 12.1 Å². The van der Waals surface area contributed by atoms with Crippen LogP contribution < -0.4 is 9.64 Å². The third-order valence-electron chi connectivity index (χ3n) is 6.00. The molecule has 0 bridgehead atoms. The zero-order valence-corrected chi connectivity index (χ0v) is 18.5. The number of rotatable bonds is 7. The second-order valence-corrected chi connectivity index (χ2v) is 10.0. The van der Waals surface area contributed by atoms with Crippen LogP contribution in [0.3, 0.4) is 0 Å². The number of hydrogen-bond acceptors (Lipinski definition) is 6. The van der Waals surface area contributed by atoms with E-state index in [1.54, 1.807) is 4.90 Å². The van der Waals surface area contributed by atoms with Gasteiger partial charge in [-0.3, -0.25) is 9.69 Å². The molecule has 2 aliphatic heterocycles. The molecule has 2 atom stereocenters. The van der Waals surface area contributed by atoms with Gasteiger partial charge >= 0.3 is 0 Å². The molecule has 0 spiro atoms. The highest BCUT2D eigenvalue weighted by atomic mass is 32.2. The van der Waals surface area contributed by atoms with Gasteiger partial charge in [-0.15, -0.1) is 0 Å². The molecule has 1 aromatic carbocycles. The van der Waals surface area contributed by atoms with Crippen LogP contribution in [-0.2, 0) is 14.6 Å². The van der Waals surface area contributed by atoms with Crippen LogP contribution in [0.5, 0.6) is 5.75 Å². The summed E-state index contributed by atoms with van der Waals surface area (Å²) in [6.45, 7) is 10.3. The molecule has 0 aromatic heterocycles. The summed E-state index contributed by atoms with van der Waals surface area (Å²) in [4.78, 5) is 19.4. The molecular formula is C21H33N3O4S. The lowest BCUT2D eigenvalue weighted by atomic mass is 10.1. The summed E-state index contributed by atoms with van der Waals surface area (Å²) in [6, 6.07) is 7.64. The molecule has 1 amide bonds. The molecule has 2 saturated heterocycles. The minimum atomic E-state index is -3.01. The number of ether oxygens (including phenoxy) is 1. The fourth-order valence-corrected chi connectivity index (χ4v) is 6.09. The van der Waals surface area contributed by atoms with Gasteiger partial charge in [0.15, 0.2) is 9.84 Å². The Hall–Kier alpha value is -1.80. The van der Waals surface area contributed by atoms with Gasteiger partial charge in [0.1, 0.15) is 5.75 Å². The van der Waals surface area contributed by atoms with Crippen molar-refractivity contribution in [2.75, 3.05) is 55.7 Å². The van der Waals surface area contributed by atoms with Crippen molar-refractivity contribution in [3.8, 4) is 5.75 Å². The Morgan fingerprint density at radius 1 is 1.21 bits per heavy atom.